The molecule has 0 spiro atoms. The first-order valence-corrected chi connectivity index (χ1v) is 6.06. The van der Waals surface area contributed by atoms with Crippen LogP contribution in [-0.2, 0) is 9.53 Å². The van der Waals surface area contributed by atoms with Crippen molar-refractivity contribution in [3.8, 4) is 0 Å². The van der Waals surface area contributed by atoms with Gasteiger partial charge in [0.25, 0.3) is 0 Å². The number of hydrogen-bond acceptors (Lipinski definition) is 5. The normalized spacial score (nSPS) is 13.6. The lowest BCUT2D eigenvalue weighted by molar-refractivity contribution is -0.151. The van der Waals surface area contributed by atoms with E-state index in [0.717, 1.165) is 4.90 Å². The molecule has 0 aliphatic heterocycles. The number of ether oxygens (including phenoxy) is 1. The summed E-state index contributed by atoms with van der Waals surface area (Å²) in [5.74, 6) is -0.615. The van der Waals surface area contributed by atoms with Gasteiger partial charge in [-0.05, 0) is 14.0 Å². The van der Waals surface area contributed by atoms with Crippen molar-refractivity contribution in [1.29, 1.82) is 0 Å². The van der Waals surface area contributed by atoms with E-state index in [1.165, 1.54) is 0 Å². The lowest BCUT2D eigenvalue weighted by atomic mass is 10.2. The minimum atomic E-state index is -4.34. The van der Waals surface area contributed by atoms with Gasteiger partial charge in [0.05, 0.1) is 25.7 Å². The molecule has 5 nitrogen and oxygen atoms in total. The van der Waals surface area contributed by atoms with E-state index < -0.39 is 24.8 Å². The minimum Gasteiger partial charge on any atom is -0.466 e. The van der Waals surface area contributed by atoms with Crippen molar-refractivity contribution in [1.82, 2.24) is 10.2 Å². The Morgan fingerprint density at radius 3 is 2.58 bits per heavy atom. The van der Waals surface area contributed by atoms with Crippen LogP contribution in [0.15, 0.2) is 0 Å². The molecule has 0 aliphatic rings. The van der Waals surface area contributed by atoms with E-state index in [9.17, 15) is 23.1 Å². The maximum atomic E-state index is 12.3. The van der Waals surface area contributed by atoms with Crippen LogP contribution in [0.2, 0.25) is 0 Å². The molecule has 8 heteroatoms. The molecule has 0 rings (SSSR count). The SMILES string of the molecule is CCOC(=O)C[C@@H](O)CN(CCNC)CC(F)(F)F. The Balaban J connectivity index is 4.25. The molecule has 0 aromatic rings. The summed E-state index contributed by atoms with van der Waals surface area (Å²) in [7, 11) is 1.63. The van der Waals surface area contributed by atoms with Gasteiger partial charge < -0.3 is 15.2 Å². The summed E-state index contributed by atoms with van der Waals surface area (Å²) >= 11 is 0. The van der Waals surface area contributed by atoms with Gasteiger partial charge in [0.15, 0.2) is 0 Å². The Morgan fingerprint density at radius 2 is 2.11 bits per heavy atom. The molecule has 0 aromatic heterocycles. The molecule has 0 saturated heterocycles. The number of carbonyl (C=O) groups is 1. The molecular weight excluding hydrogens is 265 g/mol. The van der Waals surface area contributed by atoms with Gasteiger partial charge in [0, 0.05) is 19.6 Å². The number of rotatable bonds is 9. The number of aliphatic hydroxyl groups is 1. The zero-order chi connectivity index (χ0) is 14.9. The highest BCUT2D eigenvalue weighted by Gasteiger charge is 2.31. The fraction of sp³-hybridized carbons (Fsp3) is 0.909. The third kappa shape index (κ3) is 10.7. The summed E-state index contributed by atoms with van der Waals surface area (Å²) in [5.41, 5.74) is 0. The summed E-state index contributed by atoms with van der Waals surface area (Å²) in [5, 5.41) is 12.3. The quantitative estimate of drug-likeness (QED) is 0.600. The number of alkyl halides is 3. The third-order valence-electron chi connectivity index (χ3n) is 2.26. The molecule has 0 unspecified atom stereocenters. The van der Waals surface area contributed by atoms with Crippen LogP contribution in [0.5, 0.6) is 0 Å². The van der Waals surface area contributed by atoms with Crippen molar-refractivity contribution in [2.75, 3.05) is 39.8 Å². The van der Waals surface area contributed by atoms with Gasteiger partial charge in [-0.3, -0.25) is 9.69 Å². The molecule has 0 radical (unpaired) electrons. The Kier molecular flexibility index (Phi) is 8.70. The fourth-order valence-corrected chi connectivity index (χ4v) is 1.53. The fourth-order valence-electron chi connectivity index (χ4n) is 1.53. The molecule has 0 saturated carbocycles. The second-order valence-corrected chi connectivity index (χ2v) is 4.12. The van der Waals surface area contributed by atoms with E-state index >= 15 is 0 Å². The first-order chi connectivity index (χ1) is 8.78. The van der Waals surface area contributed by atoms with Gasteiger partial charge in [-0.2, -0.15) is 13.2 Å². The smallest absolute Gasteiger partial charge is 0.401 e. The molecule has 114 valence electrons. The van der Waals surface area contributed by atoms with E-state index in [1.54, 1.807) is 14.0 Å². The van der Waals surface area contributed by atoms with E-state index in [1.807, 2.05) is 0 Å². The Morgan fingerprint density at radius 1 is 1.47 bits per heavy atom. The topological polar surface area (TPSA) is 61.8 Å². The van der Waals surface area contributed by atoms with Crippen LogP contribution in [0.4, 0.5) is 13.2 Å². The van der Waals surface area contributed by atoms with Crippen LogP contribution in [-0.4, -0.2) is 68.1 Å². The number of likely N-dealkylation sites (N-methyl/N-ethyl adjacent to an activating group) is 1. The van der Waals surface area contributed by atoms with Crippen molar-refractivity contribution >= 4 is 5.97 Å². The first kappa shape index (κ1) is 18.1. The molecule has 0 heterocycles. The van der Waals surface area contributed by atoms with Crippen molar-refractivity contribution in [3.63, 3.8) is 0 Å². The zero-order valence-electron chi connectivity index (χ0n) is 11.2. The van der Waals surface area contributed by atoms with Crippen molar-refractivity contribution in [2.45, 2.75) is 25.6 Å². The number of nitrogens with zero attached hydrogens (tertiary/aromatic N) is 1. The summed E-state index contributed by atoms with van der Waals surface area (Å²) in [6.45, 7) is 0.956. The molecule has 2 N–H and O–H groups in total. The predicted molar refractivity (Wildman–Crippen MR) is 63.7 cm³/mol. The number of hydrogen-bond donors (Lipinski definition) is 2. The summed E-state index contributed by atoms with van der Waals surface area (Å²) in [4.78, 5) is 12.2. The summed E-state index contributed by atoms with van der Waals surface area (Å²) in [6, 6.07) is 0. The van der Waals surface area contributed by atoms with Crippen LogP contribution in [0.1, 0.15) is 13.3 Å². The Labute approximate surface area is 110 Å². The highest BCUT2D eigenvalue weighted by Crippen LogP contribution is 2.16. The summed E-state index contributed by atoms with van der Waals surface area (Å²) in [6.07, 6.45) is -5.81. The van der Waals surface area contributed by atoms with Crippen molar-refractivity contribution < 1.29 is 27.8 Å². The molecule has 19 heavy (non-hydrogen) atoms. The average molecular weight is 286 g/mol. The van der Waals surface area contributed by atoms with E-state index in [0.29, 0.717) is 6.54 Å². The lowest BCUT2D eigenvalue weighted by Gasteiger charge is -2.25. The van der Waals surface area contributed by atoms with Crippen molar-refractivity contribution in [2.24, 2.45) is 0 Å². The van der Waals surface area contributed by atoms with Crippen LogP contribution >= 0.6 is 0 Å². The molecule has 1 atom stereocenters. The monoisotopic (exact) mass is 286 g/mol. The average Bonchev–Trinajstić information content (AvgIpc) is 2.23. The molecule has 0 amide bonds. The van der Waals surface area contributed by atoms with Gasteiger partial charge in [0.1, 0.15) is 0 Å². The molecule has 0 aromatic carbocycles. The maximum Gasteiger partial charge on any atom is 0.401 e. The first-order valence-electron chi connectivity index (χ1n) is 6.06. The van der Waals surface area contributed by atoms with E-state index in [2.05, 4.69) is 10.1 Å². The Hall–Kier alpha value is -0.860. The minimum absolute atomic E-state index is 0.135. The van der Waals surface area contributed by atoms with Crippen LogP contribution in [0.3, 0.4) is 0 Å². The van der Waals surface area contributed by atoms with Crippen LogP contribution in [0, 0.1) is 0 Å². The van der Waals surface area contributed by atoms with E-state index in [-0.39, 0.29) is 26.1 Å². The van der Waals surface area contributed by atoms with Crippen LogP contribution < -0.4 is 5.32 Å². The number of halogens is 3. The number of aliphatic hydroxyl groups excluding tert-OH is 1. The maximum absolute atomic E-state index is 12.3. The highest BCUT2D eigenvalue weighted by atomic mass is 19.4. The second-order valence-electron chi connectivity index (χ2n) is 4.12. The highest BCUT2D eigenvalue weighted by molar-refractivity contribution is 5.69. The predicted octanol–water partition coefficient (Wildman–Crippen LogP) is 0.384. The Bertz CT molecular complexity index is 262. The number of nitrogens with one attached hydrogen (secondary N) is 1. The molecule has 0 aliphatic carbocycles. The van der Waals surface area contributed by atoms with Gasteiger partial charge >= 0.3 is 12.1 Å². The lowest BCUT2D eigenvalue weighted by Crippen LogP contribution is -2.42. The molecule has 0 bridgehead atoms. The number of carbonyl (C=O) groups excluding carboxylic acids is 1. The second kappa shape index (κ2) is 9.11. The largest absolute Gasteiger partial charge is 0.466 e. The molecule has 0 fully saturated rings. The van der Waals surface area contributed by atoms with Gasteiger partial charge in [0.2, 0.25) is 0 Å². The molecular formula is C11H21F3N2O3. The third-order valence-corrected chi connectivity index (χ3v) is 2.26. The van der Waals surface area contributed by atoms with Gasteiger partial charge in [-0.15, -0.1) is 0 Å². The van der Waals surface area contributed by atoms with Crippen molar-refractivity contribution in [3.05, 3.63) is 0 Å². The van der Waals surface area contributed by atoms with Crippen LogP contribution in [0.25, 0.3) is 0 Å². The van der Waals surface area contributed by atoms with Gasteiger partial charge in [-0.1, -0.05) is 0 Å². The standard InChI is InChI=1S/C11H21F3N2O3/c1-3-19-10(18)6-9(17)7-16(5-4-15-2)8-11(12,13)14/h9,15,17H,3-8H2,1-2H3/t9-/m1/s1. The van der Waals surface area contributed by atoms with E-state index in [4.69, 9.17) is 0 Å². The number of esters is 1. The van der Waals surface area contributed by atoms with Gasteiger partial charge in [-0.25, -0.2) is 0 Å². The zero-order valence-corrected chi connectivity index (χ0v) is 11.2. The summed E-state index contributed by atoms with van der Waals surface area (Å²) < 4.78 is 41.6.